The molecule has 0 bridgehead atoms. The fourth-order valence-electron chi connectivity index (χ4n) is 3.78. The third-order valence-corrected chi connectivity index (χ3v) is 6.21. The van der Waals surface area contributed by atoms with Crippen molar-refractivity contribution in [2.75, 3.05) is 26.0 Å². The number of benzene rings is 1. The second kappa shape index (κ2) is 7.92. The summed E-state index contributed by atoms with van der Waals surface area (Å²) in [4.78, 5) is 16.4. The Labute approximate surface area is 150 Å². The Bertz CT molecular complexity index is 545. The molecule has 0 amide bonds. The molecule has 0 spiro atoms. The molecule has 1 saturated carbocycles. The van der Waals surface area contributed by atoms with Crippen molar-refractivity contribution in [1.82, 2.24) is 4.90 Å². The third kappa shape index (κ3) is 4.34. The lowest BCUT2D eigenvalue weighted by molar-refractivity contribution is -0.159. The summed E-state index contributed by atoms with van der Waals surface area (Å²) in [5.41, 5.74) is 1.15. The average Bonchev–Trinajstić information content (AvgIpc) is 3.41. The van der Waals surface area contributed by atoms with Crippen LogP contribution in [0.15, 0.2) is 29.2 Å². The second-order valence-electron chi connectivity index (χ2n) is 7.27. The zero-order valence-electron chi connectivity index (χ0n) is 14.9. The highest BCUT2D eigenvalue weighted by atomic mass is 32.2. The minimum Gasteiger partial charge on any atom is -0.466 e. The Morgan fingerprint density at radius 3 is 2.46 bits per heavy atom. The predicted molar refractivity (Wildman–Crippen MR) is 99.1 cm³/mol. The van der Waals surface area contributed by atoms with Gasteiger partial charge < -0.3 is 4.74 Å². The van der Waals surface area contributed by atoms with Crippen molar-refractivity contribution in [3.63, 3.8) is 0 Å². The maximum absolute atomic E-state index is 12.6. The fourth-order valence-corrected chi connectivity index (χ4v) is 4.19. The van der Waals surface area contributed by atoms with Crippen molar-refractivity contribution in [2.45, 2.75) is 50.5 Å². The topological polar surface area (TPSA) is 29.5 Å². The Balaban J connectivity index is 1.58. The molecule has 2 fully saturated rings. The van der Waals surface area contributed by atoms with Gasteiger partial charge in [0.15, 0.2) is 0 Å². The molecule has 1 aliphatic heterocycles. The number of rotatable bonds is 7. The summed E-state index contributed by atoms with van der Waals surface area (Å²) in [6.45, 7) is 5.38. The number of esters is 1. The van der Waals surface area contributed by atoms with Crippen molar-refractivity contribution in [3.05, 3.63) is 29.8 Å². The van der Waals surface area contributed by atoms with Crippen molar-refractivity contribution < 1.29 is 9.53 Å². The van der Waals surface area contributed by atoms with Crippen LogP contribution in [-0.4, -0.2) is 36.8 Å². The van der Waals surface area contributed by atoms with E-state index >= 15 is 0 Å². The van der Waals surface area contributed by atoms with Gasteiger partial charge in [-0.15, -0.1) is 11.8 Å². The van der Waals surface area contributed by atoms with Crippen molar-refractivity contribution in [2.24, 2.45) is 11.3 Å². The highest BCUT2D eigenvalue weighted by Gasteiger charge is 2.45. The van der Waals surface area contributed by atoms with Crippen LogP contribution in [0.25, 0.3) is 0 Å². The van der Waals surface area contributed by atoms with E-state index in [1.165, 1.54) is 23.3 Å². The molecular weight excluding hydrogens is 318 g/mol. The minimum atomic E-state index is -0.212. The van der Waals surface area contributed by atoms with E-state index in [1.807, 2.05) is 6.92 Å². The molecule has 1 saturated heterocycles. The number of piperidine rings is 1. The van der Waals surface area contributed by atoms with Crippen LogP contribution in [0.1, 0.15) is 44.6 Å². The van der Waals surface area contributed by atoms with Gasteiger partial charge in [-0.1, -0.05) is 25.0 Å². The Kier molecular flexibility index (Phi) is 5.88. The molecule has 2 aliphatic rings. The fraction of sp³-hybridized carbons (Fsp3) is 0.650. The van der Waals surface area contributed by atoms with Crippen LogP contribution in [0.2, 0.25) is 0 Å². The summed E-state index contributed by atoms with van der Waals surface area (Å²) in [5.74, 6) is 0.820. The third-order valence-electron chi connectivity index (χ3n) is 5.46. The summed E-state index contributed by atoms with van der Waals surface area (Å²) >= 11 is 1.78. The highest BCUT2D eigenvalue weighted by Crippen LogP contribution is 2.46. The largest absolute Gasteiger partial charge is 0.466 e. The molecule has 132 valence electrons. The molecule has 4 heteroatoms. The standard InChI is InChI=1S/C20H29NO2S/c1-3-23-19(22)20(14-16-4-5-16)10-12-21(13-11-20)15-17-6-8-18(24-2)9-7-17/h6-9,16H,3-5,10-15H2,1-2H3. The molecule has 24 heavy (non-hydrogen) atoms. The van der Waals surface area contributed by atoms with E-state index in [1.54, 1.807) is 11.8 Å². The molecule has 1 aromatic carbocycles. The van der Waals surface area contributed by atoms with E-state index in [9.17, 15) is 4.79 Å². The molecule has 0 atom stereocenters. The Hall–Kier alpha value is -1.00. The molecule has 1 heterocycles. The van der Waals surface area contributed by atoms with Gasteiger partial charge in [-0.25, -0.2) is 0 Å². The maximum Gasteiger partial charge on any atom is 0.312 e. The summed E-state index contributed by atoms with van der Waals surface area (Å²) in [6.07, 6.45) is 7.65. The maximum atomic E-state index is 12.6. The van der Waals surface area contributed by atoms with Gasteiger partial charge in [-0.2, -0.15) is 0 Å². The Morgan fingerprint density at radius 2 is 1.92 bits per heavy atom. The number of thioether (sulfide) groups is 1. The first-order valence-electron chi connectivity index (χ1n) is 9.18. The zero-order chi connectivity index (χ0) is 17.0. The molecule has 0 aromatic heterocycles. The first-order valence-corrected chi connectivity index (χ1v) is 10.4. The predicted octanol–water partition coefficient (Wildman–Crippen LogP) is 4.35. The van der Waals surface area contributed by atoms with Crippen molar-refractivity contribution in [1.29, 1.82) is 0 Å². The minimum absolute atomic E-state index is 0.0564. The molecule has 1 aromatic rings. The molecule has 3 nitrogen and oxygen atoms in total. The van der Waals surface area contributed by atoms with Gasteiger partial charge in [-0.05, 0) is 69.1 Å². The molecule has 0 N–H and O–H groups in total. The SMILES string of the molecule is CCOC(=O)C1(CC2CC2)CCN(Cc2ccc(SC)cc2)CC1. The number of carbonyl (C=O) groups is 1. The zero-order valence-corrected chi connectivity index (χ0v) is 15.7. The average molecular weight is 348 g/mol. The van der Waals surface area contributed by atoms with E-state index in [2.05, 4.69) is 35.4 Å². The van der Waals surface area contributed by atoms with E-state index in [4.69, 9.17) is 4.74 Å². The van der Waals surface area contributed by atoms with Crippen molar-refractivity contribution >= 4 is 17.7 Å². The monoisotopic (exact) mass is 347 g/mol. The number of hydrogen-bond donors (Lipinski definition) is 0. The second-order valence-corrected chi connectivity index (χ2v) is 8.15. The van der Waals surface area contributed by atoms with Gasteiger partial charge in [0.2, 0.25) is 0 Å². The molecule has 1 aliphatic carbocycles. The van der Waals surface area contributed by atoms with Crippen LogP contribution in [0.4, 0.5) is 0 Å². The number of ether oxygens (including phenoxy) is 1. The number of carbonyl (C=O) groups excluding carboxylic acids is 1. The molecule has 0 radical (unpaired) electrons. The smallest absolute Gasteiger partial charge is 0.312 e. The van der Waals surface area contributed by atoms with E-state index in [-0.39, 0.29) is 11.4 Å². The van der Waals surface area contributed by atoms with Gasteiger partial charge in [-0.3, -0.25) is 9.69 Å². The molecule has 0 unspecified atom stereocenters. The first kappa shape index (κ1) is 17.8. The molecule has 3 rings (SSSR count). The lowest BCUT2D eigenvalue weighted by Crippen LogP contribution is -2.45. The van der Waals surface area contributed by atoms with Crippen LogP contribution in [0.5, 0.6) is 0 Å². The van der Waals surface area contributed by atoms with Gasteiger partial charge >= 0.3 is 5.97 Å². The van der Waals surface area contributed by atoms with Gasteiger partial charge in [0, 0.05) is 11.4 Å². The van der Waals surface area contributed by atoms with E-state index < -0.39 is 0 Å². The summed E-state index contributed by atoms with van der Waals surface area (Å²) in [7, 11) is 0. The normalized spacial score (nSPS) is 20.8. The summed E-state index contributed by atoms with van der Waals surface area (Å²) in [5, 5.41) is 0. The van der Waals surface area contributed by atoms with Crippen LogP contribution in [0, 0.1) is 11.3 Å². The van der Waals surface area contributed by atoms with Gasteiger partial charge in [0.1, 0.15) is 0 Å². The van der Waals surface area contributed by atoms with Crippen LogP contribution >= 0.6 is 11.8 Å². The summed E-state index contributed by atoms with van der Waals surface area (Å²) < 4.78 is 5.43. The van der Waals surface area contributed by atoms with Gasteiger partial charge in [0.05, 0.1) is 12.0 Å². The van der Waals surface area contributed by atoms with Crippen molar-refractivity contribution in [3.8, 4) is 0 Å². The van der Waals surface area contributed by atoms with Crippen LogP contribution in [0.3, 0.4) is 0 Å². The number of nitrogens with zero attached hydrogens (tertiary/aromatic N) is 1. The van der Waals surface area contributed by atoms with Crippen LogP contribution < -0.4 is 0 Å². The lowest BCUT2D eigenvalue weighted by Gasteiger charge is -2.40. The summed E-state index contributed by atoms with van der Waals surface area (Å²) in [6, 6.07) is 8.84. The van der Waals surface area contributed by atoms with Gasteiger partial charge in [0.25, 0.3) is 0 Å². The number of hydrogen-bond acceptors (Lipinski definition) is 4. The van der Waals surface area contributed by atoms with E-state index in [0.29, 0.717) is 6.61 Å². The lowest BCUT2D eigenvalue weighted by atomic mass is 9.74. The molecular formula is C20H29NO2S. The number of likely N-dealkylation sites (tertiary alicyclic amines) is 1. The first-order chi connectivity index (χ1) is 11.6. The van der Waals surface area contributed by atoms with E-state index in [0.717, 1.165) is 44.8 Å². The quantitative estimate of drug-likeness (QED) is 0.542. The van der Waals surface area contributed by atoms with Crippen LogP contribution in [-0.2, 0) is 16.1 Å². The Morgan fingerprint density at radius 1 is 1.25 bits per heavy atom. The highest BCUT2D eigenvalue weighted by molar-refractivity contribution is 7.98.